The predicted octanol–water partition coefficient (Wildman–Crippen LogP) is 3.62. The van der Waals surface area contributed by atoms with Crippen LogP contribution in [0.15, 0.2) is 22.8 Å². The van der Waals surface area contributed by atoms with Gasteiger partial charge in [-0.3, -0.25) is 0 Å². The van der Waals surface area contributed by atoms with E-state index in [0.29, 0.717) is 18.3 Å². The molecule has 4 heteroatoms. The topological polar surface area (TPSA) is 62.5 Å². The first-order valence-corrected chi connectivity index (χ1v) is 9.83. The van der Waals surface area contributed by atoms with Crippen molar-refractivity contribution in [3.63, 3.8) is 0 Å². The first-order valence-electron chi connectivity index (χ1n) is 9.83. The molecule has 4 atom stereocenters. The van der Waals surface area contributed by atoms with Gasteiger partial charge in [0.15, 0.2) is 11.4 Å². The lowest BCUT2D eigenvalue weighted by Crippen LogP contribution is -2.48. The van der Waals surface area contributed by atoms with Crippen LogP contribution in [0, 0.1) is 28.6 Å². The van der Waals surface area contributed by atoms with Gasteiger partial charge < -0.3 is 14.6 Å². The molecule has 5 aliphatic rings. The second kappa shape index (κ2) is 5.19. The van der Waals surface area contributed by atoms with Crippen molar-refractivity contribution in [3.8, 4) is 6.07 Å². The number of nitrogens with zero attached hydrogens (tertiary/aromatic N) is 1. The van der Waals surface area contributed by atoms with Crippen LogP contribution in [-0.2, 0) is 9.47 Å². The fraction of sp³-hybridized carbons (Fsp3) is 0.762. The quantitative estimate of drug-likeness (QED) is 0.684. The molecule has 134 valence electrons. The summed E-state index contributed by atoms with van der Waals surface area (Å²) in [5, 5.41) is 20.5. The van der Waals surface area contributed by atoms with Gasteiger partial charge in [0, 0.05) is 18.3 Å². The van der Waals surface area contributed by atoms with E-state index in [1.165, 1.54) is 11.1 Å². The molecule has 1 heterocycles. The summed E-state index contributed by atoms with van der Waals surface area (Å²) in [6, 6.07) is 2.25. The molecule has 0 unspecified atom stereocenters. The maximum absolute atomic E-state index is 10.9. The molecule has 1 saturated heterocycles. The van der Waals surface area contributed by atoms with Gasteiger partial charge in [-0.2, -0.15) is 5.26 Å². The maximum Gasteiger partial charge on any atom is 0.172 e. The van der Waals surface area contributed by atoms with Gasteiger partial charge in [0.05, 0.1) is 19.3 Å². The summed E-state index contributed by atoms with van der Waals surface area (Å²) in [4.78, 5) is 0. The van der Waals surface area contributed by atoms with Crippen LogP contribution < -0.4 is 0 Å². The summed E-state index contributed by atoms with van der Waals surface area (Å²) in [5.41, 5.74) is 3.17. The second-order valence-electron chi connectivity index (χ2n) is 8.91. The lowest BCUT2D eigenvalue weighted by Gasteiger charge is -2.49. The highest BCUT2D eigenvalue weighted by molar-refractivity contribution is 5.45. The molecule has 0 radical (unpaired) electrons. The Hall–Kier alpha value is -1.15. The Bertz CT molecular complexity index is 711. The van der Waals surface area contributed by atoms with E-state index in [4.69, 9.17) is 9.47 Å². The van der Waals surface area contributed by atoms with Crippen LogP contribution in [0.4, 0.5) is 0 Å². The molecule has 0 aromatic heterocycles. The van der Waals surface area contributed by atoms with Crippen LogP contribution in [0.5, 0.6) is 0 Å². The van der Waals surface area contributed by atoms with Gasteiger partial charge in [0.2, 0.25) is 0 Å². The summed E-state index contributed by atoms with van der Waals surface area (Å²) >= 11 is 0. The zero-order valence-corrected chi connectivity index (χ0v) is 15.0. The monoisotopic (exact) mass is 341 g/mol. The Balaban J connectivity index is 1.49. The van der Waals surface area contributed by atoms with Crippen molar-refractivity contribution in [2.75, 3.05) is 13.2 Å². The van der Waals surface area contributed by atoms with Gasteiger partial charge in [-0.15, -0.1) is 0 Å². The van der Waals surface area contributed by atoms with Crippen molar-refractivity contribution < 1.29 is 14.6 Å². The average molecular weight is 341 g/mol. The Labute approximate surface area is 149 Å². The Morgan fingerprint density at radius 3 is 2.76 bits per heavy atom. The van der Waals surface area contributed by atoms with Crippen molar-refractivity contribution in [1.82, 2.24) is 0 Å². The molecule has 0 amide bonds. The van der Waals surface area contributed by atoms with Crippen molar-refractivity contribution in [1.29, 1.82) is 5.26 Å². The number of hydrogen-bond donors (Lipinski definition) is 1. The number of rotatable bonds is 0. The van der Waals surface area contributed by atoms with Crippen molar-refractivity contribution in [3.05, 3.63) is 22.8 Å². The minimum Gasteiger partial charge on any atom is -0.375 e. The highest BCUT2D eigenvalue weighted by Crippen LogP contribution is 2.62. The van der Waals surface area contributed by atoms with Crippen LogP contribution >= 0.6 is 0 Å². The molecule has 1 N–H and O–H groups in total. The van der Waals surface area contributed by atoms with E-state index >= 15 is 0 Å². The zero-order chi connectivity index (χ0) is 17.3. The first-order chi connectivity index (χ1) is 12.0. The van der Waals surface area contributed by atoms with Gasteiger partial charge in [-0.25, -0.2) is 0 Å². The van der Waals surface area contributed by atoms with Crippen LogP contribution in [0.25, 0.3) is 0 Å². The largest absolute Gasteiger partial charge is 0.375 e. The lowest BCUT2D eigenvalue weighted by atomic mass is 9.56. The van der Waals surface area contributed by atoms with Gasteiger partial charge in [0.25, 0.3) is 0 Å². The molecule has 0 aromatic rings. The molecule has 2 fully saturated rings. The number of fused-ring (bicyclic) bond motifs is 4. The molecule has 1 spiro atoms. The SMILES string of the molecule is C[C@]12CC=C3C4=C(CC[C@H]3[C@@H]1CC[C@@]2(O)C#N)CC1(CC4)OCCO1. The first kappa shape index (κ1) is 16.1. The van der Waals surface area contributed by atoms with Gasteiger partial charge >= 0.3 is 0 Å². The molecule has 4 aliphatic carbocycles. The number of aliphatic hydroxyl groups is 1. The number of nitriles is 1. The smallest absolute Gasteiger partial charge is 0.172 e. The summed E-state index contributed by atoms with van der Waals surface area (Å²) < 4.78 is 11.9. The van der Waals surface area contributed by atoms with Gasteiger partial charge in [-0.05, 0) is 61.5 Å². The van der Waals surface area contributed by atoms with E-state index in [2.05, 4.69) is 19.1 Å². The van der Waals surface area contributed by atoms with Crippen LogP contribution in [-0.4, -0.2) is 29.7 Å². The van der Waals surface area contributed by atoms with Crippen LogP contribution in [0.2, 0.25) is 0 Å². The highest BCUT2D eigenvalue weighted by Gasteiger charge is 2.61. The normalized spacial score (nSPS) is 44.8. The van der Waals surface area contributed by atoms with E-state index < -0.39 is 5.60 Å². The molecule has 4 nitrogen and oxygen atoms in total. The molecule has 1 saturated carbocycles. The molecule has 0 aromatic carbocycles. The predicted molar refractivity (Wildman–Crippen MR) is 92.3 cm³/mol. The van der Waals surface area contributed by atoms with Crippen molar-refractivity contribution in [2.45, 2.75) is 69.7 Å². The molecular formula is C21H27NO3. The van der Waals surface area contributed by atoms with Gasteiger partial charge in [-0.1, -0.05) is 18.6 Å². The van der Waals surface area contributed by atoms with Crippen molar-refractivity contribution in [2.24, 2.45) is 17.3 Å². The minimum absolute atomic E-state index is 0.290. The van der Waals surface area contributed by atoms with E-state index in [1.807, 2.05) is 0 Å². The summed E-state index contributed by atoms with van der Waals surface area (Å²) in [6.45, 7) is 3.59. The van der Waals surface area contributed by atoms with E-state index in [-0.39, 0.29) is 11.2 Å². The molecule has 0 bridgehead atoms. The van der Waals surface area contributed by atoms with Gasteiger partial charge in [0.1, 0.15) is 0 Å². The summed E-state index contributed by atoms with van der Waals surface area (Å²) in [6.07, 6.45) is 9.96. The van der Waals surface area contributed by atoms with E-state index in [1.54, 1.807) is 5.57 Å². The third-order valence-electron chi connectivity index (χ3n) is 7.98. The second-order valence-corrected chi connectivity index (χ2v) is 8.91. The summed E-state index contributed by atoms with van der Waals surface area (Å²) in [7, 11) is 0. The standard InChI is InChI=1S/C21H27NO3/c1-19-7-4-16-15-5-9-21(24-10-11-25-21)12-14(15)2-3-17(16)18(19)6-8-20(19,23)13-22/h4,17-18,23H,2-3,5-12H2,1H3/t17-,18+,19+,20-/m1/s1. The number of allylic oxidation sites excluding steroid dienone is 3. The van der Waals surface area contributed by atoms with E-state index in [0.717, 1.165) is 58.2 Å². The van der Waals surface area contributed by atoms with E-state index in [9.17, 15) is 10.4 Å². The molecule has 1 aliphatic heterocycles. The fourth-order valence-electron chi connectivity index (χ4n) is 6.49. The summed E-state index contributed by atoms with van der Waals surface area (Å²) in [5.74, 6) is 0.601. The molecule has 25 heavy (non-hydrogen) atoms. The number of ether oxygens (including phenoxy) is 2. The third kappa shape index (κ3) is 2.04. The number of hydrogen-bond acceptors (Lipinski definition) is 4. The highest BCUT2D eigenvalue weighted by atomic mass is 16.7. The average Bonchev–Trinajstić information content (AvgIpc) is 3.18. The lowest BCUT2D eigenvalue weighted by molar-refractivity contribution is -0.164. The Kier molecular flexibility index (Phi) is 3.33. The Morgan fingerprint density at radius 2 is 2.00 bits per heavy atom. The van der Waals surface area contributed by atoms with Crippen molar-refractivity contribution >= 4 is 0 Å². The molecular weight excluding hydrogens is 314 g/mol. The third-order valence-corrected chi connectivity index (χ3v) is 7.98. The van der Waals surface area contributed by atoms with Crippen LogP contribution in [0.3, 0.4) is 0 Å². The fourth-order valence-corrected chi connectivity index (χ4v) is 6.49. The minimum atomic E-state index is -1.16. The van der Waals surface area contributed by atoms with Crippen LogP contribution in [0.1, 0.15) is 58.3 Å². The maximum atomic E-state index is 10.9. The zero-order valence-electron chi connectivity index (χ0n) is 15.0. The molecule has 5 rings (SSSR count). The Morgan fingerprint density at radius 1 is 1.20 bits per heavy atom.